The van der Waals surface area contributed by atoms with E-state index >= 15 is 0 Å². The number of amides is 1. The van der Waals surface area contributed by atoms with Crippen LogP contribution in [0.5, 0.6) is 5.75 Å². The van der Waals surface area contributed by atoms with Crippen molar-refractivity contribution in [3.8, 4) is 28.6 Å². The van der Waals surface area contributed by atoms with Crippen molar-refractivity contribution in [2.45, 2.75) is 6.92 Å². The molecule has 4 aromatic rings. The summed E-state index contributed by atoms with van der Waals surface area (Å²) in [6, 6.07) is 20.3. The van der Waals surface area contributed by atoms with Gasteiger partial charge in [0, 0.05) is 11.8 Å². The van der Waals surface area contributed by atoms with Crippen molar-refractivity contribution in [2.75, 3.05) is 11.9 Å². The standard InChI is InChI=1S/C22H18N4O3/c1-15-7-6-8-16(13-15)21-25-22(29-26-21)17-9-2-3-10-18(17)28-14-20(27)24-19-11-4-5-12-23-19/h2-13H,14H2,1H3,(H,23,24,27). The molecule has 2 heterocycles. The van der Waals surface area contributed by atoms with E-state index in [1.54, 1.807) is 36.5 Å². The fraction of sp³-hybridized carbons (Fsp3) is 0.0909. The third kappa shape index (κ3) is 4.47. The first-order valence-corrected chi connectivity index (χ1v) is 9.03. The average molecular weight is 386 g/mol. The van der Waals surface area contributed by atoms with Crippen LogP contribution in [0.2, 0.25) is 0 Å². The molecule has 2 aromatic heterocycles. The number of carbonyl (C=O) groups excluding carboxylic acids is 1. The second-order valence-corrected chi connectivity index (χ2v) is 6.34. The average Bonchev–Trinajstić information content (AvgIpc) is 3.23. The van der Waals surface area contributed by atoms with Crippen LogP contribution >= 0.6 is 0 Å². The Morgan fingerprint density at radius 3 is 2.76 bits per heavy atom. The Hall–Kier alpha value is -4.00. The maximum atomic E-state index is 12.1. The van der Waals surface area contributed by atoms with Gasteiger partial charge in [0.2, 0.25) is 5.82 Å². The van der Waals surface area contributed by atoms with Crippen LogP contribution < -0.4 is 10.1 Å². The number of rotatable bonds is 6. The highest BCUT2D eigenvalue weighted by molar-refractivity contribution is 5.91. The van der Waals surface area contributed by atoms with Crippen LogP contribution in [-0.4, -0.2) is 27.6 Å². The highest BCUT2D eigenvalue weighted by atomic mass is 16.5. The molecule has 0 unspecified atom stereocenters. The van der Waals surface area contributed by atoms with Crippen molar-refractivity contribution in [1.29, 1.82) is 0 Å². The predicted molar refractivity (Wildman–Crippen MR) is 108 cm³/mol. The van der Waals surface area contributed by atoms with Crippen molar-refractivity contribution in [3.63, 3.8) is 0 Å². The number of nitrogens with one attached hydrogen (secondary N) is 1. The molecular formula is C22H18N4O3. The normalized spacial score (nSPS) is 10.5. The van der Waals surface area contributed by atoms with E-state index in [-0.39, 0.29) is 12.5 Å². The van der Waals surface area contributed by atoms with Gasteiger partial charge in [-0.3, -0.25) is 4.79 Å². The smallest absolute Gasteiger partial charge is 0.263 e. The van der Waals surface area contributed by atoms with Gasteiger partial charge in [0.15, 0.2) is 6.61 Å². The van der Waals surface area contributed by atoms with Gasteiger partial charge in [-0.2, -0.15) is 4.98 Å². The second-order valence-electron chi connectivity index (χ2n) is 6.34. The van der Waals surface area contributed by atoms with E-state index in [1.165, 1.54) is 0 Å². The molecule has 7 nitrogen and oxygen atoms in total. The highest BCUT2D eigenvalue weighted by Crippen LogP contribution is 2.30. The summed E-state index contributed by atoms with van der Waals surface area (Å²) < 4.78 is 11.1. The lowest BCUT2D eigenvalue weighted by molar-refractivity contribution is -0.118. The number of benzene rings is 2. The predicted octanol–water partition coefficient (Wildman–Crippen LogP) is 4.12. The first kappa shape index (κ1) is 18.4. The van der Waals surface area contributed by atoms with Crippen molar-refractivity contribution < 1.29 is 14.1 Å². The summed E-state index contributed by atoms with van der Waals surface area (Å²) >= 11 is 0. The Labute approximate surface area is 167 Å². The Morgan fingerprint density at radius 2 is 1.93 bits per heavy atom. The number of hydrogen-bond donors (Lipinski definition) is 1. The summed E-state index contributed by atoms with van der Waals surface area (Å²) in [6.07, 6.45) is 1.60. The van der Waals surface area contributed by atoms with E-state index in [4.69, 9.17) is 9.26 Å². The zero-order valence-electron chi connectivity index (χ0n) is 15.7. The summed E-state index contributed by atoms with van der Waals surface area (Å²) in [7, 11) is 0. The molecule has 0 fully saturated rings. The molecule has 0 radical (unpaired) electrons. The highest BCUT2D eigenvalue weighted by Gasteiger charge is 2.16. The molecule has 0 spiro atoms. The van der Waals surface area contributed by atoms with Crippen LogP contribution in [0.25, 0.3) is 22.8 Å². The summed E-state index contributed by atoms with van der Waals surface area (Å²) in [5, 5.41) is 6.74. The van der Waals surface area contributed by atoms with Gasteiger partial charge in [0.05, 0.1) is 5.56 Å². The van der Waals surface area contributed by atoms with Crippen LogP contribution in [0.4, 0.5) is 5.82 Å². The first-order valence-electron chi connectivity index (χ1n) is 9.03. The summed E-state index contributed by atoms with van der Waals surface area (Å²) in [4.78, 5) is 20.7. The SMILES string of the molecule is Cc1cccc(-c2noc(-c3ccccc3OCC(=O)Nc3ccccn3)n2)c1. The topological polar surface area (TPSA) is 90.1 Å². The van der Waals surface area contributed by atoms with Crippen LogP contribution in [0.3, 0.4) is 0 Å². The molecule has 144 valence electrons. The summed E-state index contributed by atoms with van der Waals surface area (Å²) in [5.41, 5.74) is 2.59. The number of hydrogen-bond acceptors (Lipinski definition) is 6. The van der Waals surface area contributed by atoms with Gasteiger partial charge in [-0.05, 0) is 37.3 Å². The van der Waals surface area contributed by atoms with E-state index in [9.17, 15) is 4.79 Å². The molecule has 0 saturated carbocycles. The lowest BCUT2D eigenvalue weighted by Gasteiger charge is -2.09. The molecule has 0 aliphatic carbocycles. The van der Waals surface area contributed by atoms with Gasteiger partial charge in [-0.25, -0.2) is 4.98 Å². The minimum Gasteiger partial charge on any atom is -0.483 e. The third-order valence-corrected chi connectivity index (χ3v) is 4.11. The number of nitrogens with zero attached hydrogens (tertiary/aromatic N) is 3. The quantitative estimate of drug-likeness (QED) is 0.536. The van der Waals surface area contributed by atoms with Crippen LogP contribution in [0.15, 0.2) is 77.4 Å². The van der Waals surface area contributed by atoms with Crippen LogP contribution in [-0.2, 0) is 4.79 Å². The van der Waals surface area contributed by atoms with Crippen molar-refractivity contribution in [1.82, 2.24) is 15.1 Å². The monoisotopic (exact) mass is 386 g/mol. The molecule has 0 aliphatic heterocycles. The second kappa shape index (κ2) is 8.35. The van der Waals surface area contributed by atoms with Gasteiger partial charge in [-0.15, -0.1) is 0 Å². The number of aryl methyl sites for hydroxylation is 1. The molecule has 0 saturated heterocycles. The lowest BCUT2D eigenvalue weighted by Crippen LogP contribution is -2.20. The maximum absolute atomic E-state index is 12.1. The van der Waals surface area contributed by atoms with E-state index in [0.29, 0.717) is 28.8 Å². The van der Waals surface area contributed by atoms with Gasteiger partial charge in [-0.1, -0.05) is 47.1 Å². The summed E-state index contributed by atoms with van der Waals surface area (Å²) in [5.74, 6) is 1.44. The van der Waals surface area contributed by atoms with Crippen LogP contribution in [0, 0.1) is 6.92 Å². The number of ether oxygens (including phenoxy) is 1. The van der Waals surface area contributed by atoms with E-state index in [0.717, 1.165) is 11.1 Å². The molecule has 2 aromatic carbocycles. The molecule has 0 aliphatic rings. The summed E-state index contributed by atoms with van der Waals surface area (Å²) in [6.45, 7) is 1.83. The fourth-order valence-corrected chi connectivity index (χ4v) is 2.76. The van der Waals surface area contributed by atoms with Crippen molar-refractivity contribution in [3.05, 3.63) is 78.5 Å². The van der Waals surface area contributed by atoms with E-state index < -0.39 is 0 Å². The van der Waals surface area contributed by atoms with Gasteiger partial charge in [0.25, 0.3) is 11.8 Å². The molecule has 4 rings (SSSR count). The number of carbonyl (C=O) groups is 1. The third-order valence-electron chi connectivity index (χ3n) is 4.11. The van der Waals surface area contributed by atoms with Gasteiger partial charge in [0.1, 0.15) is 11.6 Å². The zero-order chi connectivity index (χ0) is 20.1. The minimum atomic E-state index is -0.315. The van der Waals surface area contributed by atoms with Crippen molar-refractivity contribution in [2.24, 2.45) is 0 Å². The number of pyridine rings is 1. The van der Waals surface area contributed by atoms with E-state index in [1.807, 2.05) is 43.3 Å². The molecular weight excluding hydrogens is 368 g/mol. The van der Waals surface area contributed by atoms with Crippen LogP contribution in [0.1, 0.15) is 5.56 Å². The molecule has 7 heteroatoms. The Kier molecular flexibility index (Phi) is 5.29. The molecule has 1 N–H and O–H groups in total. The first-order chi connectivity index (χ1) is 14.2. The molecule has 1 amide bonds. The van der Waals surface area contributed by atoms with Gasteiger partial charge < -0.3 is 14.6 Å². The number of anilines is 1. The number of aromatic nitrogens is 3. The maximum Gasteiger partial charge on any atom is 0.263 e. The Balaban J connectivity index is 1.49. The zero-order valence-corrected chi connectivity index (χ0v) is 15.7. The fourth-order valence-electron chi connectivity index (χ4n) is 2.76. The number of para-hydroxylation sites is 1. The Morgan fingerprint density at radius 1 is 1.07 bits per heavy atom. The lowest BCUT2D eigenvalue weighted by atomic mass is 10.1. The minimum absolute atomic E-state index is 0.174. The van der Waals surface area contributed by atoms with Gasteiger partial charge >= 0.3 is 0 Å². The molecule has 0 atom stereocenters. The largest absolute Gasteiger partial charge is 0.483 e. The Bertz CT molecular complexity index is 1130. The molecule has 29 heavy (non-hydrogen) atoms. The van der Waals surface area contributed by atoms with E-state index in [2.05, 4.69) is 20.4 Å². The van der Waals surface area contributed by atoms with Crippen molar-refractivity contribution >= 4 is 11.7 Å². The molecule has 0 bridgehead atoms.